The van der Waals surface area contributed by atoms with Gasteiger partial charge in [0.1, 0.15) is 0 Å². The quantitative estimate of drug-likeness (QED) is 0.309. The zero-order chi connectivity index (χ0) is 20.8. The van der Waals surface area contributed by atoms with Crippen LogP contribution in [-0.4, -0.2) is 29.8 Å². The molecule has 0 aliphatic heterocycles. The number of hydrogen-bond donors (Lipinski definition) is 1. The summed E-state index contributed by atoms with van der Waals surface area (Å²) in [6.45, 7) is -0.140. The molecule has 152 valence electrons. The molecule has 0 aliphatic carbocycles. The molecule has 0 spiro atoms. The summed E-state index contributed by atoms with van der Waals surface area (Å²) in [7, 11) is 1.56. The number of amides is 1. The van der Waals surface area contributed by atoms with Crippen LogP contribution in [0.15, 0.2) is 71.1 Å². The van der Waals surface area contributed by atoms with Crippen molar-refractivity contribution >= 4 is 44.9 Å². The molecule has 4 aromatic rings. The van der Waals surface area contributed by atoms with E-state index in [9.17, 15) is 4.79 Å². The number of nitrogens with one attached hydrogen (secondary N) is 1. The summed E-state index contributed by atoms with van der Waals surface area (Å²) in [5, 5.41) is 13.8. The van der Waals surface area contributed by atoms with Gasteiger partial charge in [-0.05, 0) is 28.5 Å². The van der Waals surface area contributed by atoms with E-state index >= 15 is 0 Å². The van der Waals surface area contributed by atoms with Gasteiger partial charge in [-0.3, -0.25) is 10.1 Å². The highest BCUT2D eigenvalue weighted by atomic mass is 32.2. The Morgan fingerprint density at radius 3 is 2.63 bits per heavy atom. The second-order valence-electron chi connectivity index (χ2n) is 6.29. The number of methoxy groups -OCH3 is 1. The first-order chi connectivity index (χ1) is 14.7. The van der Waals surface area contributed by atoms with Crippen LogP contribution in [0.4, 0.5) is 5.13 Å². The Morgan fingerprint density at radius 1 is 1.00 bits per heavy atom. The third-order valence-corrected chi connectivity index (χ3v) is 6.33. The van der Waals surface area contributed by atoms with E-state index in [0.717, 1.165) is 10.1 Å². The Bertz CT molecular complexity index is 1160. The summed E-state index contributed by atoms with van der Waals surface area (Å²) in [6.07, 6.45) is 0. The van der Waals surface area contributed by atoms with E-state index in [1.807, 2.05) is 24.3 Å². The molecule has 1 heterocycles. The lowest BCUT2D eigenvalue weighted by molar-refractivity contribution is -0.118. The largest absolute Gasteiger partial charge is 0.493 e. The minimum Gasteiger partial charge on any atom is -0.493 e. The van der Waals surface area contributed by atoms with Gasteiger partial charge < -0.3 is 9.47 Å². The number of benzene rings is 3. The third kappa shape index (κ3) is 4.90. The van der Waals surface area contributed by atoms with Crippen LogP contribution in [0.3, 0.4) is 0 Å². The molecule has 1 aromatic heterocycles. The summed E-state index contributed by atoms with van der Waals surface area (Å²) in [5.74, 6) is 1.57. The van der Waals surface area contributed by atoms with Crippen molar-refractivity contribution in [2.45, 2.75) is 10.1 Å². The topological polar surface area (TPSA) is 73.3 Å². The lowest BCUT2D eigenvalue weighted by Crippen LogP contribution is -2.20. The van der Waals surface area contributed by atoms with E-state index in [2.05, 4.69) is 45.8 Å². The van der Waals surface area contributed by atoms with E-state index in [1.54, 1.807) is 31.0 Å². The Balaban J connectivity index is 1.32. The summed E-state index contributed by atoms with van der Waals surface area (Å²) in [4.78, 5) is 12.2. The highest BCUT2D eigenvalue weighted by Gasteiger charge is 2.11. The average Bonchev–Trinajstić information content (AvgIpc) is 3.23. The molecule has 3 aromatic carbocycles. The van der Waals surface area contributed by atoms with Gasteiger partial charge in [0.2, 0.25) is 5.13 Å². The highest BCUT2D eigenvalue weighted by Crippen LogP contribution is 2.31. The van der Waals surface area contributed by atoms with Crippen molar-refractivity contribution in [1.82, 2.24) is 10.2 Å². The molecule has 0 unspecified atom stereocenters. The predicted molar refractivity (Wildman–Crippen MR) is 121 cm³/mol. The Hall–Kier alpha value is -3.10. The summed E-state index contributed by atoms with van der Waals surface area (Å²) >= 11 is 2.94. The number of nitrogens with zero attached hydrogens (tertiary/aromatic N) is 2. The second kappa shape index (κ2) is 9.60. The van der Waals surface area contributed by atoms with Crippen molar-refractivity contribution < 1.29 is 14.3 Å². The van der Waals surface area contributed by atoms with Gasteiger partial charge in [-0.15, -0.1) is 10.2 Å². The van der Waals surface area contributed by atoms with E-state index in [1.165, 1.54) is 27.7 Å². The van der Waals surface area contributed by atoms with Gasteiger partial charge in [-0.1, -0.05) is 77.7 Å². The molecule has 4 rings (SSSR count). The first-order valence-corrected chi connectivity index (χ1v) is 11.0. The van der Waals surface area contributed by atoms with Crippen molar-refractivity contribution in [3.63, 3.8) is 0 Å². The first kappa shape index (κ1) is 20.2. The number of anilines is 1. The monoisotopic (exact) mass is 437 g/mol. The number of aromatic nitrogens is 2. The maximum Gasteiger partial charge on any atom is 0.264 e. The van der Waals surface area contributed by atoms with Crippen molar-refractivity contribution in [2.24, 2.45) is 0 Å². The molecular formula is C22H19N3O3S2. The maximum atomic E-state index is 12.2. The lowest BCUT2D eigenvalue weighted by atomic mass is 10.1. The van der Waals surface area contributed by atoms with Crippen LogP contribution in [0.5, 0.6) is 11.5 Å². The molecule has 0 atom stereocenters. The van der Waals surface area contributed by atoms with Crippen LogP contribution >= 0.6 is 23.1 Å². The van der Waals surface area contributed by atoms with Crippen LogP contribution in [0.2, 0.25) is 0 Å². The minimum atomic E-state index is -0.303. The molecule has 30 heavy (non-hydrogen) atoms. The van der Waals surface area contributed by atoms with Crippen LogP contribution < -0.4 is 14.8 Å². The SMILES string of the molecule is COc1ccccc1OCC(=O)Nc1nnc(SCc2cccc3ccccc23)s1. The summed E-state index contributed by atoms with van der Waals surface area (Å²) < 4.78 is 11.5. The van der Waals surface area contributed by atoms with Gasteiger partial charge in [-0.2, -0.15) is 0 Å². The van der Waals surface area contributed by atoms with E-state index in [-0.39, 0.29) is 12.5 Å². The molecule has 8 heteroatoms. The molecule has 0 saturated heterocycles. The number of ether oxygens (including phenoxy) is 2. The molecule has 0 saturated carbocycles. The Morgan fingerprint density at radius 2 is 1.77 bits per heavy atom. The number of rotatable bonds is 8. The molecular weight excluding hydrogens is 418 g/mol. The number of carbonyl (C=O) groups is 1. The van der Waals surface area contributed by atoms with Crippen LogP contribution in [0.1, 0.15) is 5.56 Å². The van der Waals surface area contributed by atoms with Crippen molar-refractivity contribution in [3.8, 4) is 11.5 Å². The standard InChI is InChI=1S/C22H19N3O3S2/c1-27-18-11-4-5-12-19(18)28-13-20(26)23-21-24-25-22(30-21)29-14-16-9-6-8-15-7-2-3-10-17(15)16/h2-12H,13-14H2,1H3,(H,23,24,26). The fourth-order valence-corrected chi connectivity index (χ4v) is 4.69. The van der Waals surface area contributed by atoms with Gasteiger partial charge in [0.05, 0.1) is 7.11 Å². The van der Waals surface area contributed by atoms with E-state index < -0.39 is 0 Å². The zero-order valence-corrected chi connectivity index (χ0v) is 17.8. The maximum absolute atomic E-state index is 12.2. The van der Waals surface area contributed by atoms with Crippen LogP contribution in [0.25, 0.3) is 10.8 Å². The second-order valence-corrected chi connectivity index (χ2v) is 8.49. The van der Waals surface area contributed by atoms with Crippen molar-refractivity contribution in [1.29, 1.82) is 0 Å². The third-order valence-electron chi connectivity index (χ3n) is 4.31. The van der Waals surface area contributed by atoms with Crippen molar-refractivity contribution in [3.05, 3.63) is 72.3 Å². The van der Waals surface area contributed by atoms with Crippen LogP contribution in [0, 0.1) is 0 Å². The fraction of sp³-hybridized carbons (Fsp3) is 0.136. The normalized spacial score (nSPS) is 10.7. The highest BCUT2D eigenvalue weighted by molar-refractivity contribution is 8.00. The molecule has 1 amide bonds. The average molecular weight is 438 g/mol. The molecule has 0 bridgehead atoms. The van der Waals surface area contributed by atoms with Crippen molar-refractivity contribution in [2.75, 3.05) is 19.0 Å². The number of thioether (sulfide) groups is 1. The number of fused-ring (bicyclic) bond motifs is 1. The summed E-state index contributed by atoms with van der Waals surface area (Å²) in [6, 6.07) is 21.8. The van der Waals surface area contributed by atoms with Gasteiger partial charge in [-0.25, -0.2) is 0 Å². The summed E-state index contributed by atoms with van der Waals surface area (Å²) in [5.41, 5.74) is 1.24. The molecule has 0 aliphatic rings. The van der Waals surface area contributed by atoms with E-state index in [0.29, 0.717) is 16.6 Å². The molecule has 1 N–H and O–H groups in total. The van der Waals surface area contributed by atoms with Gasteiger partial charge in [0.25, 0.3) is 5.91 Å². The number of para-hydroxylation sites is 2. The Labute approximate surface area is 182 Å². The van der Waals surface area contributed by atoms with Gasteiger partial charge in [0, 0.05) is 5.75 Å². The van der Waals surface area contributed by atoms with Gasteiger partial charge in [0.15, 0.2) is 22.4 Å². The Kier molecular flexibility index (Phi) is 6.46. The molecule has 6 nitrogen and oxygen atoms in total. The van der Waals surface area contributed by atoms with E-state index in [4.69, 9.17) is 9.47 Å². The number of hydrogen-bond acceptors (Lipinski definition) is 7. The zero-order valence-electron chi connectivity index (χ0n) is 16.2. The molecule has 0 radical (unpaired) electrons. The smallest absolute Gasteiger partial charge is 0.264 e. The lowest BCUT2D eigenvalue weighted by Gasteiger charge is -2.09. The first-order valence-electron chi connectivity index (χ1n) is 9.21. The fourth-order valence-electron chi connectivity index (χ4n) is 2.91. The number of carbonyl (C=O) groups excluding carboxylic acids is 1. The molecule has 0 fully saturated rings. The van der Waals surface area contributed by atoms with Gasteiger partial charge >= 0.3 is 0 Å². The van der Waals surface area contributed by atoms with Crippen LogP contribution in [-0.2, 0) is 10.5 Å². The minimum absolute atomic E-state index is 0.140. The predicted octanol–water partition coefficient (Wildman–Crippen LogP) is 5.01.